The number of nitrogens with zero attached hydrogens (tertiary/aromatic N) is 2. The van der Waals surface area contributed by atoms with Gasteiger partial charge in [-0.05, 0) is 49.9 Å². The van der Waals surface area contributed by atoms with E-state index in [4.69, 9.17) is 9.73 Å². The van der Waals surface area contributed by atoms with E-state index in [9.17, 15) is 9.59 Å². The second-order valence-corrected chi connectivity index (χ2v) is 7.82. The van der Waals surface area contributed by atoms with E-state index in [2.05, 4.69) is 5.32 Å². The maximum atomic E-state index is 12.7. The second kappa shape index (κ2) is 9.07. The number of amides is 1. The monoisotopic (exact) mass is 393 g/mol. The van der Waals surface area contributed by atoms with Crippen molar-refractivity contribution < 1.29 is 14.3 Å². The normalized spacial score (nSPS) is 17.7. The van der Waals surface area contributed by atoms with Crippen LogP contribution >= 0.6 is 0 Å². The van der Waals surface area contributed by atoms with Crippen molar-refractivity contribution in [1.82, 2.24) is 4.57 Å². The van der Waals surface area contributed by atoms with E-state index in [0.29, 0.717) is 16.9 Å². The van der Waals surface area contributed by atoms with Crippen LogP contribution in [-0.4, -0.2) is 29.0 Å². The molecule has 6 nitrogen and oxygen atoms in total. The fourth-order valence-electron chi connectivity index (χ4n) is 3.62. The molecule has 0 aliphatic heterocycles. The van der Waals surface area contributed by atoms with Gasteiger partial charge in [0.25, 0.3) is 5.91 Å². The lowest BCUT2D eigenvalue weighted by molar-refractivity contribution is -0.117. The summed E-state index contributed by atoms with van der Waals surface area (Å²) in [6.45, 7) is -0.0953. The number of carbonyl (C=O) groups excluding carboxylic acids is 2. The predicted molar refractivity (Wildman–Crippen MR) is 111 cm³/mol. The Balaban J connectivity index is 1.41. The first-order valence-corrected chi connectivity index (χ1v) is 10.5. The van der Waals surface area contributed by atoms with Gasteiger partial charge in [0.1, 0.15) is 11.2 Å². The van der Waals surface area contributed by atoms with Gasteiger partial charge in [-0.25, -0.2) is 0 Å². The van der Waals surface area contributed by atoms with Crippen LogP contribution in [0.25, 0.3) is 0 Å². The highest BCUT2D eigenvalue weighted by molar-refractivity contribution is 5.94. The maximum Gasteiger partial charge on any atom is 0.270 e. The SMILES string of the molecule is O=C(Nc1cccc(OCC(=O)n2ccccc2=NC2CCCCC2)c1)C1CC1. The van der Waals surface area contributed by atoms with Crippen molar-refractivity contribution in [2.75, 3.05) is 11.9 Å². The number of aromatic nitrogens is 1. The summed E-state index contributed by atoms with van der Waals surface area (Å²) < 4.78 is 7.27. The zero-order valence-corrected chi connectivity index (χ0v) is 16.5. The van der Waals surface area contributed by atoms with E-state index >= 15 is 0 Å². The molecule has 2 aromatic rings. The van der Waals surface area contributed by atoms with Gasteiger partial charge in [-0.1, -0.05) is 31.4 Å². The van der Waals surface area contributed by atoms with E-state index in [-0.39, 0.29) is 30.4 Å². The molecule has 0 saturated heterocycles. The molecule has 4 rings (SSSR count). The molecule has 29 heavy (non-hydrogen) atoms. The first-order chi connectivity index (χ1) is 14.2. The maximum absolute atomic E-state index is 12.7. The largest absolute Gasteiger partial charge is 0.484 e. The molecule has 0 bridgehead atoms. The van der Waals surface area contributed by atoms with Crippen LogP contribution in [0.3, 0.4) is 0 Å². The van der Waals surface area contributed by atoms with Gasteiger partial charge >= 0.3 is 0 Å². The fraction of sp³-hybridized carbons (Fsp3) is 0.435. The number of anilines is 1. The Kier molecular flexibility index (Phi) is 6.08. The molecule has 0 unspecified atom stereocenters. The molecule has 0 spiro atoms. The molecule has 2 fully saturated rings. The zero-order chi connectivity index (χ0) is 20.1. The highest BCUT2D eigenvalue weighted by Crippen LogP contribution is 2.30. The lowest BCUT2D eigenvalue weighted by Crippen LogP contribution is -2.32. The smallest absolute Gasteiger partial charge is 0.270 e. The summed E-state index contributed by atoms with van der Waals surface area (Å²) in [6.07, 6.45) is 9.49. The molecule has 1 heterocycles. The van der Waals surface area contributed by atoms with Gasteiger partial charge in [0, 0.05) is 23.9 Å². The Morgan fingerprint density at radius 2 is 1.86 bits per heavy atom. The summed E-state index contributed by atoms with van der Waals surface area (Å²) >= 11 is 0. The van der Waals surface area contributed by atoms with Gasteiger partial charge in [-0.15, -0.1) is 0 Å². The first kappa shape index (κ1) is 19.4. The highest BCUT2D eigenvalue weighted by atomic mass is 16.5. The second-order valence-electron chi connectivity index (χ2n) is 7.82. The Morgan fingerprint density at radius 1 is 1.03 bits per heavy atom. The van der Waals surface area contributed by atoms with Crippen LogP contribution in [0, 0.1) is 5.92 Å². The number of rotatable bonds is 6. The van der Waals surface area contributed by atoms with Crippen LogP contribution in [-0.2, 0) is 4.79 Å². The molecule has 0 atom stereocenters. The van der Waals surface area contributed by atoms with Gasteiger partial charge in [0.2, 0.25) is 5.91 Å². The average Bonchev–Trinajstić information content (AvgIpc) is 3.59. The lowest BCUT2D eigenvalue weighted by Gasteiger charge is -2.17. The number of hydrogen-bond donors (Lipinski definition) is 1. The van der Waals surface area contributed by atoms with Crippen molar-refractivity contribution in [3.05, 3.63) is 54.1 Å². The van der Waals surface area contributed by atoms with Crippen molar-refractivity contribution in [2.45, 2.75) is 51.0 Å². The minimum atomic E-state index is -0.174. The number of hydrogen-bond acceptors (Lipinski definition) is 4. The van der Waals surface area contributed by atoms with Crippen molar-refractivity contribution in [2.24, 2.45) is 10.9 Å². The van der Waals surface area contributed by atoms with E-state index in [1.807, 2.05) is 30.3 Å². The molecule has 1 aromatic carbocycles. The summed E-state index contributed by atoms with van der Waals surface area (Å²) in [5.41, 5.74) is 1.37. The molecule has 2 aliphatic rings. The Hall–Kier alpha value is -2.89. The van der Waals surface area contributed by atoms with Gasteiger partial charge in [0.15, 0.2) is 6.61 Å². The molecule has 1 aromatic heterocycles. The third-order valence-corrected chi connectivity index (χ3v) is 5.41. The van der Waals surface area contributed by atoms with E-state index < -0.39 is 0 Å². The summed E-state index contributed by atoms with van der Waals surface area (Å²) in [5, 5.41) is 2.89. The molecule has 2 saturated carbocycles. The van der Waals surface area contributed by atoms with Gasteiger partial charge < -0.3 is 10.1 Å². The summed E-state index contributed by atoms with van der Waals surface area (Å²) in [6, 6.07) is 13.0. The number of nitrogens with one attached hydrogen (secondary N) is 1. The van der Waals surface area contributed by atoms with Crippen molar-refractivity contribution in [3.63, 3.8) is 0 Å². The van der Waals surface area contributed by atoms with Crippen LogP contribution in [0.5, 0.6) is 5.75 Å². The van der Waals surface area contributed by atoms with Crippen molar-refractivity contribution >= 4 is 17.5 Å². The van der Waals surface area contributed by atoms with Crippen LogP contribution in [0.1, 0.15) is 49.7 Å². The quantitative estimate of drug-likeness (QED) is 0.812. The fourth-order valence-corrected chi connectivity index (χ4v) is 3.62. The van der Waals surface area contributed by atoms with Gasteiger partial charge in [-0.2, -0.15) is 0 Å². The molecule has 1 amide bonds. The molecule has 1 N–H and O–H groups in total. The summed E-state index contributed by atoms with van der Waals surface area (Å²) in [7, 11) is 0. The van der Waals surface area contributed by atoms with Crippen LogP contribution in [0.2, 0.25) is 0 Å². The predicted octanol–water partition coefficient (Wildman–Crippen LogP) is 3.79. The molecular weight excluding hydrogens is 366 g/mol. The molecular formula is C23H27N3O3. The molecule has 152 valence electrons. The Labute approximate surface area is 170 Å². The van der Waals surface area contributed by atoms with Crippen molar-refractivity contribution in [3.8, 4) is 5.75 Å². The molecule has 2 aliphatic carbocycles. The minimum absolute atomic E-state index is 0.0482. The van der Waals surface area contributed by atoms with Crippen LogP contribution in [0.4, 0.5) is 5.69 Å². The number of ether oxygens (including phenoxy) is 1. The minimum Gasteiger partial charge on any atom is -0.484 e. The highest BCUT2D eigenvalue weighted by Gasteiger charge is 2.29. The zero-order valence-electron chi connectivity index (χ0n) is 16.5. The Bertz CT molecular complexity index is 940. The standard InChI is InChI=1S/C23H27N3O3/c27-22(26-14-5-4-11-21(26)24-18-7-2-1-3-8-18)16-29-20-10-6-9-19(15-20)25-23(28)17-12-13-17/h4-6,9-11,14-15,17-18H,1-3,7-8,12-13,16H2,(H,25,28). The topological polar surface area (TPSA) is 72.7 Å². The van der Waals surface area contributed by atoms with Crippen LogP contribution < -0.4 is 15.5 Å². The van der Waals surface area contributed by atoms with Crippen LogP contribution in [0.15, 0.2) is 53.7 Å². The van der Waals surface area contributed by atoms with Gasteiger partial charge in [0.05, 0.1) is 6.04 Å². The Morgan fingerprint density at radius 3 is 2.66 bits per heavy atom. The molecule has 6 heteroatoms. The van der Waals surface area contributed by atoms with E-state index in [1.54, 1.807) is 22.9 Å². The first-order valence-electron chi connectivity index (χ1n) is 10.5. The third-order valence-electron chi connectivity index (χ3n) is 5.41. The molecule has 0 radical (unpaired) electrons. The van der Waals surface area contributed by atoms with Crippen molar-refractivity contribution in [1.29, 1.82) is 0 Å². The number of benzene rings is 1. The van der Waals surface area contributed by atoms with E-state index in [0.717, 1.165) is 25.7 Å². The van der Waals surface area contributed by atoms with E-state index in [1.165, 1.54) is 19.3 Å². The lowest BCUT2D eigenvalue weighted by atomic mass is 9.96. The number of pyridine rings is 1. The average molecular weight is 393 g/mol. The summed E-state index contributed by atoms with van der Waals surface area (Å²) in [4.78, 5) is 29.5. The van der Waals surface area contributed by atoms with Gasteiger partial charge in [-0.3, -0.25) is 19.1 Å². The number of carbonyl (C=O) groups is 2. The summed E-state index contributed by atoms with van der Waals surface area (Å²) in [5.74, 6) is 0.566. The third kappa shape index (κ3) is 5.34.